The molecule has 4 nitrogen and oxygen atoms in total. The summed E-state index contributed by atoms with van der Waals surface area (Å²) in [4.78, 5) is 20.2. The predicted octanol–water partition coefficient (Wildman–Crippen LogP) is 1.80. The van der Waals surface area contributed by atoms with Crippen LogP contribution in [0.2, 0.25) is 0 Å². The summed E-state index contributed by atoms with van der Waals surface area (Å²) in [5, 5.41) is 3.23. The Hall–Kier alpha value is -1.94. The minimum absolute atomic E-state index is 0.0283. The third-order valence-electron chi connectivity index (χ3n) is 4.75. The van der Waals surface area contributed by atoms with Gasteiger partial charge in [-0.2, -0.15) is 0 Å². The standard InChI is InChI=1S/C17H19N3O/c1-11-2-4-12(5-3-11)17(7-8-17)16-19-14-6-9-18-10-13(14)15(21)20-16/h2-5,18H,6-10H2,1H3,(H,19,20,21). The summed E-state index contributed by atoms with van der Waals surface area (Å²) in [7, 11) is 0. The fourth-order valence-corrected chi connectivity index (χ4v) is 3.24. The van der Waals surface area contributed by atoms with E-state index in [0.717, 1.165) is 42.9 Å². The van der Waals surface area contributed by atoms with Crippen molar-refractivity contribution in [2.45, 2.75) is 38.1 Å². The first-order valence-corrected chi connectivity index (χ1v) is 7.59. The highest BCUT2D eigenvalue weighted by molar-refractivity contribution is 5.41. The van der Waals surface area contributed by atoms with Crippen LogP contribution >= 0.6 is 0 Å². The number of H-pyrrole nitrogens is 1. The number of aromatic amines is 1. The van der Waals surface area contributed by atoms with E-state index in [1.54, 1.807) is 0 Å². The van der Waals surface area contributed by atoms with Gasteiger partial charge in [0.1, 0.15) is 5.82 Å². The highest BCUT2D eigenvalue weighted by Gasteiger charge is 2.48. The van der Waals surface area contributed by atoms with E-state index in [1.807, 2.05) is 0 Å². The summed E-state index contributed by atoms with van der Waals surface area (Å²) >= 11 is 0. The molecule has 2 aliphatic rings. The molecule has 4 heteroatoms. The minimum Gasteiger partial charge on any atom is -0.312 e. The molecule has 1 fully saturated rings. The summed E-state index contributed by atoms with van der Waals surface area (Å²) in [5.41, 5.74) is 4.28. The maximum absolute atomic E-state index is 12.3. The third kappa shape index (κ3) is 2.02. The van der Waals surface area contributed by atoms with Crippen LogP contribution in [0.1, 0.15) is 41.1 Å². The number of nitrogens with one attached hydrogen (secondary N) is 2. The van der Waals surface area contributed by atoms with Gasteiger partial charge in [-0.1, -0.05) is 29.8 Å². The van der Waals surface area contributed by atoms with Gasteiger partial charge < -0.3 is 10.3 Å². The van der Waals surface area contributed by atoms with Gasteiger partial charge in [-0.3, -0.25) is 4.79 Å². The van der Waals surface area contributed by atoms with E-state index in [2.05, 4.69) is 41.5 Å². The first-order chi connectivity index (χ1) is 10.2. The lowest BCUT2D eigenvalue weighted by Gasteiger charge is -2.20. The van der Waals surface area contributed by atoms with Crippen molar-refractivity contribution in [2.24, 2.45) is 0 Å². The van der Waals surface area contributed by atoms with E-state index < -0.39 is 0 Å². The molecule has 0 atom stereocenters. The van der Waals surface area contributed by atoms with Crippen LogP contribution in [0.25, 0.3) is 0 Å². The summed E-state index contributed by atoms with van der Waals surface area (Å²) in [5.74, 6) is 0.858. The Bertz CT molecular complexity index is 742. The number of hydrogen-bond donors (Lipinski definition) is 2. The molecular formula is C17H19N3O. The highest BCUT2D eigenvalue weighted by Crippen LogP contribution is 2.52. The number of aryl methyl sites for hydroxylation is 1. The van der Waals surface area contributed by atoms with Crippen LogP contribution in [0.5, 0.6) is 0 Å². The Balaban J connectivity index is 1.81. The molecule has 4 rings (SSSR count). The Morgan fingerprint density at radius 3 is 2.67 bits per heavy atom. The number of rotatable bonds is 2. The van der Waals surface area contributed by atoms with Crippen molar-refractivity contribution >= 4 is 0 Å². The molecule has 0 amide bonds. The zero-order valence-electron chi connectivity index (χ0n) is 12.2. The SMILES string of the molecule is Cc1ccc(C2(c3nc4c(c(=O)[nH]3)CNCC4)CC2)cc1. The Morgan fingerprint density at radius 1 is 1.19 bits per heavy atom. The fraction of sp³-hybridized carbons (Fsp3) is 0.412. The van der Waals surface area contributed by atoms with Crippen LogP contribution in [0.4, 0.5) is 0 Å². The lowest BCUT2D eigenvalue weighted by molar-refractivity contribution is 0.604. The van der Waals surface area contributed by atoms with Gasteiger partial charge in [-0.15, -0.1) is 0 Å². The predicted molar refractivity (Wildman–Crippen MR) is 81.5 cm³/mol. The molecule has 0 spiro atoms. The molecule has 21 heavy (non-hydrogen) atoms. The Kier molecular flexibility index (Phi) is 2.76. The van der Waals surface area contributed by atoms with Crippen LogP contribution in [-0.4, -0.2) is 16.5 Å². The number of fused-ring (bicyclic) bond motifs is 1. The van der Waals surface area contributed by atoms with E-state index in [1.165, 1.54) is 11.1 Å². The molecule has 2 heterocycles. The second-order valence-electron chi connectivity index (χ2n) is 6.21. The maximum atomic E-state index is 12.3. The number of nitrogens with zero attached hydrogens (tertiary/aromatic N) is 1. The van der Waals surface area contributed by atoms with E-state index >= 15 is 0 Å². The first kappa shape index (κ1) is 12.8. The molecule has 1 aliphatic heterocycles. The van der Waals surface area contributed by atoms with Gasteiger partial charge in [0.05, 0.1) is 16.7 Å². The third-order valence-corrected chi connectivity index (χ3v) is 4.75. The quantitative estimate of drug-likeness (QED) is 0.882. The van der Waals surface area contributed by atoms with Gasteiger partial charge >= 0.3 is 0 Å². The van der Waals surface area contributed by atoms with Crippen molar-refractivity contribution in [3.05, 3.63) is 62.8 Å². The van der Waals surface area contributed by atoms with Crippen molar-refractivity contribution in [1.29, 1.82) is 0 Å². The van der Waals surface area contributed by atoms with Crippen molar-refractivity contribution < 1.29 is 0 Å². The number of hydrogen-bond acceptors (Lipinski definition) is 3. The van der Waals surface area contributed by atoms with Crippen LogP contribution in [0.15, 0.2) is 29.1 Å². The average molecular weight is 281 g/mol. The lowest BCUT2D eigenvalue weighted by Crippen LogP contribution is -2.33. The van der Waals surface area contributed by atoms with Gasteiger partial charge in [0.15, 0.2) is 0 Å². The zero-order chi connectivity index (χ0) is 14.4. The zero-order valence-corrected chi connectivity index (χ0v) is 12.2. The Morgan fingerprint density at radius 2 is 1.95 bits per heavy atom. The molecule has 0 unspecified atom stereocenters. The number of aromatic nitrogens is 2. The summed E-state index contributed by atoms with van der Waals surface area (Å²) < 4.78 is 0. The molecule has 0 radical (unpaired) electrons. The topological polar surface area (TPSA) is 57.8 Å². The van der Waals surface area contributed by atoms with Crippen molar-refractivity contribution in [2.75, 3.05) is 6.54 Å². The van der Waals surface area contributed by atoms with Crippen molar-refractivity contribution in [1.82, 2.24) is 15.3 Å². The monoisotopic (exact) mass is 281 g/mol. The second-order valence-corrected chi connectivity index (χ2v) is 6.21. The summed E-state index contributed by atoms with van der Waals surface area (Å²) in [6.45, 7) is 3.63. The van der Waals surface area contributed by atoms with Crippen LogP contribution < -0.4 is 10.9 Å². The highest BCUT2D eigenvalue weighted by atomic mass is 16.1. The number of benzene rings is 1. The average Bonchev–Trinajstić information content (AvgIpc) is 3.30. The van der Waals surface area contributed by atoms with E-state index in [-0.39, 0.29) is 11.0 Å². The molecule has 0 bridgehead atoms. The molecule has 1 saturated carbocycles. The van der Waals surface area contributed by atoms with Gasteiger partial charge in [-0.25, -0.2) is 4.98 Å². The summed E-state index contributed by atoms with van der Waals surface area (Å²) in [6.07, 6.45) is 2.97. The Labute approximate surface area is 123 Å². The van der Waals surface area contributed by atoms with Crippen LogP contribution in [-0.2, 0) is 18.4 Å². The summed E-state index contributed by atoms with van der Waals surface area (Å²) in [6, 6.07) is 8.61. The largest absolute Gasteiger partial charge is 0.312 e. The minimum atomic E-state index is -0.0627. The van der Waals surface area contributed by atoms with Gasteiger partial charge in [0.25, 0.3) is 5.56 Å². The maximum Gasteiger partial charge on any atom is 0.255 e. The van der Waals surface area contributed by atoms with E-state index in [0.29, 0.717) is 6.54 Å². The first-order valence-electron chi connectivity index (χ1n) is 7.59. The smallest absolute Gasteiger partial charge is 0.255 e. The molecule has 1 aromatic carbocycles. The molecule has 1 aromatic heterocycles. The normalized spacial score (nSPS) is 19.1. The molecule has 2 N–H and O–H groups in total. The van der Waals surface area contributed by atoms with E-state index in [9.17, 15) is 4.79 Å². The molecule has 108 valence electrons. The lowest BCUT2D eigenvalue weighted by atomic mass is 9.93. The van der Waals surface area contributed by atoms with Crippen molar-refractivity contribution in [3.63, 3.8) is 0 Å². The van der Waals surface area contributed by atoms with E-state index in [4.69, 9.17) is 4.98 Å². The molecule has 1 aliphatic carbocycles. The van der Waals surface area contributed by atoms with Crippen LogP contribution in [0, 0.1) is 6.92 Å². The molecule has 0 saturated heterocycles. The van der Waals surface area contributed by atoms with Gasteiger partial charge in [0.2, 0.25) is 0 Å². The molecular weight excluding hydrogens is 262 g/mol. The molecule has 2 aromatic rings. The van der Waals surface area contributed by atoms with Gasteiger partial charge in [0, 0.05) is 19.5 Å². The second kappa shape index (κ2) is 4.53. The van der Waals surface area contributed by atoms with Crippen molar-refractivity contribution in [3.8, 4) is 0 Å². The van der Waals surface area contributed by atoms with Gasteiger partial charge in [-0.05, 0) is 25.3 Å². The van der Waals surface area contributed by atoms with Crippen LogP contribution in [0.3, 0.4) is 0 Å². The fourth-order valence-electron chi connectivity index (χ4n) is 3.24.